The van der Waals surface area contributed by atoms with Gasteiger partial charge in [-0.1, -0.05) is 71.8 Å². The first-order chi connectivity index (χ1) is 33.1. The molecule has 9 rings (SSSR count). The molecule has 4 aromatic carbocycles. The van der Waals surface area contributed by atoms with Crippen molar-refractivity contribution in [2.24, 2.45) is 0 Å². The normalized spacial score (nSPS) is 16.1. The topological polar surface area (TPSA) is 73.5 Å². The minimum Gasteiger partial charge on any atom is -0.674 e. The molecule has 3 aliphatic heterocycles. The van der Waals surface area contributed by atoms with Gasteiger partial charge in [0.1, 0.15) is 0 Å². The number of hydrogen-bond donors (Lipinski definition) is 0. The standard InChI is InChI=1S/C44H10F20N4.CHO.Ru/c45-25-21(26(46)34(54)41(61)33(25)53)17-9-1-2-10(65-9)18(22-27(47)35(55)42(62)36(56)28(22)48)12-5-6-14(67-12)20(24-31(51)39(59)44(64)40(60)32(24)52)16-8-7-15(68-16)19(13-4-3-11(17)66-13)23-29(49)37(57)43(63)38(58)30(23)50;1-2;/h1-9,15H;1H;/q-4;+1;+3. The van der Waals surface area contributed by atoms with Gasteiger partial charge in [-0.2, -0.15) is 0 Å². The van der Waals surface area contributed by atoms with Crippen molar-refractivity contribution in [2.45, 2.75) is 12.1 Å². The van der Waals surface area contributed by atoms with Gasteiger partial charge in [-0.25, -0.2) is 87.8 Å². The molecule has 0 aliphatic carbocycles. The van der Waals surface area contributed by atoms with Gasteiger partial charge >= 0.3 is 26.3 Å². The van der Waals surface area contributed by atoms with Crippen LogP contribution in [0.2, 0.25) is 0 Å². The summed E-state index contributed by atoms with van der Waals surface area (Å²) < 4.78 is 303. The zero-order valence-corrected chi connectivity index (χ0v) is 35.2. The van der Waals surface area contributed by atoms with Crippen LogP contribution < -0.4 is 20.7 Å². The van der Waals surface area contributed by atoms with Crippen LogP contribution in [-0.2, 0) is 24.3 Å². The molecule has 8 bridgehead atoms. The molecule has 0 saturated heterocycles. The Bertz CT molecular complexity index is 3230. The van der Waals surface area contributed by atoms with E-state index < -0.39 is 206 Å². The van der Waals surface area contributed by atoms with E-state index in [0.717, 1.165) is 0 Å². The van der Waals surface area contributed by atoms with Crippen molar-refractivity contribution < 1.29 is 112 Å². The van der Waals surface area contributed by atoms with Crippen LogP contribution in [0.4, 0.5) is 87.8 Å². The molecular weight excluding hydrogens is 1090 g/mol. The maximum Gasteiger partial charge on any atom is 3.00 e. The second-order valence-corrected chi connectivity index (χ2v) is 14.4. The molecule has 5 nitrogen and oxygen atoms in total. The third kappa shape index (κ3) is 7.70. The van der Waals surface area contributed by atoms with Crippen molar-refractivity contribution in [1.29, 1.82) is 0 Å². The molecule has 0 N–H and O–H groups in total. The molecule has 1 radical (unpaired) electrons. The number of hydrogen-bond acceptors (Lipinski definition) is 1. The number of rotatable bonds is 4. The van der Waals surface area contributed by atoms with E-state index in [1.165, 1.54) is 0 Å². The Kier molecular flexibility index (Phi) is 13.5. The summed E-state index contributed by atoms with van der Waals surface area (Å²) >= 11 is 0. The monoisotopic (exact) mass is 1100 g/mol. The molecular formula is C45H11F20N4ORu. The van der Waals surface area contributed by atoms with E-state index in [-0.39, 0.29) is 19.5 Å². The maximum atomic E-state index is 15.8. The first kappa shape index (κ1) is 51.4. The fourth-order valence-corrected chi connectivity index (χ4v) is 7.72. The van der Waals surface area contributed by atoms with Crippen molar-refractivity contribution >= 4 is 29.1 Å². The Balaban J connectivity index is 0.00000244. The first-order valence-electron chi connectivity index (χ1n) is 18.7. The minimum atomic E-state index is -2.72. The molecule has 0 fully saturated rings. The summed E-state index contributed by atoms with van der Waals surface area (Å²) in [6.07, 6.45) is 2.52. The van der Waals surface area contributed by atoms with Crippen LogP contribution >= 0.6 is 0 Å². The number of benzene rings is 4. The van der Waals surface area contributed by atoms with Gasteiger partial charge < -0.3 is 20.6 Å². The third-order valence-electron chi connectivity index (χ3n) is 10.8. The molecule has 2 atom stereocenters. The van der Waals surface area contributed by atoms with E-state index >= 15 is 35.1 Å². The van der Waals surface area contributed by atoms with E-state index in [4.69, 9.17) is 4.79 Å². The Morgan fingerprint density at radius 1 is 0.324 bits per heavy atom. The molecule has 26 heteroatoms. The summed E-state index contributed by atoms with van der Waals surface area (Å²) in [4.78, 5) is 15.6. The molecule has 2 unspecified atom stereocenters. The zero-order valence-electron chi connectivity index (χ0n) is 33.5. The summed E-state index contributed by atoms with van der Waals surface area (Å²) in [6, 6.07) is -2.16. The summed E-state index contributed by atoms with van der Waals surface area (Å²) in [5.74, 6) is -52.8. The van der Waals surface area contributed by atoms with E-state index in [1.54, 1.807) is 0 Å². The van der Waals surface area contributed by atoms with Crippen LogP contribution in [0.3, 0.4) is 0 Å². The summed E-state index contributed by atoms with van der Waals surface area (Å²) in [7, 11) is 0. The van der Waals surface area contributed by atoms with Crippen LogP contribution in [0.1, 0.15) is 33.6 Å². The fourth-order valence-electron chi connectivity index (χ4n) is 7.72. The van der Waals surface area contributed by atoms with Gasteiger partial charge in [-0.05, 0) is 11.1 Å². The molecule has 0 amide bonds. The van der Waals surface area contributed by atoms with Gasteiger partial charge in [-0.15, -0.1) is 33.5 Å². The van der Waals surface area contributed by atoms with Gasteiger partial charge in [0.2, 0.25) is 23.3 Å². The van der Waals surface area contributed by atoms with Crippen LogP contribution in [0.15, 0.2) is 60.0 Å². The van der Waals surface area contributed by atoms with Crippen LogP contribution in [0.25, 0.3) is 32.9 Å². The summed E-state index contributed by atoms with van der Waals surface area (Å²) in [5, 5.41) is 5.91. The van der Waals surface area contributed by atoms with Gasteiger partial charge in [0.05, 0.1) is 22.3 Å². The molecule has 0 spiro atoms. The minimum absolute atomic E-state index is 0. The van der Waals surface area contributed by atoms with Gasteiger partial charge in [0, 0.05) is 4.79 Å². The number of allylic oxidation sites excluding steroid dienone is 2. The van der Waals surface area contributed by atoms with E-state index in [9.17, 15) is 52.7 Å². The third-order valence-corrected chi connectivity index (χ3v) is 10.8. The first-order valence-corrected chi connectivity index (χ1v) is 18.7. The zero-order chi connectivity index (χ0) is 51.3. The molecule has 365 valence electrons. The van der Waals surface area contributed by atoms with Crippen LogP contribution in [-0.4, -0.2) is 18.9 Å². The van der Waals surface area contributed by atoms with Crippen molar-refractivity contribution in [3.05, 3.63) is 231 Å². The van der Waals surface area contributed by atoms with E-state index in [0.29, 0.717) is 48.6 Å². The van der Waals surface area contributed by atoms with Gasteiger partial charge in [0.25, 0.3) is 0 Å². The quantitative estimate of drug-likeness (QED) is 0.0441. The average molecular weight is 1100 g/mol. The van der Waals surface area contributed by atoms with Crippen molar-refractivity contribution in [1.82, 2.24) is 9.97 Å². The molecule has 2 aromatic heterocycles. The van der Waals surface area contributed by atoms with E-state index in [1.807, 2.05) is 0 Å². The van der Waals surface area contributed by atoms with E-state index in [2.05, 4.69) is 27.4 Å². The second-order valence-electron chi connectivity index (χ2n) is 14.4. The maximum absolute atomic E-state index is 15.8. The van der Waals surface area contributed by atoms with Crippen molar-refractivity contribution in [2.75, 3.05) is 0 Å². The Morgan fingerprint density at radius 3 is 0.831 bits per heavy atom. The average Bonchev–Trinajstić information content (AvgIpc) is 4.21. The SMILES string of the molecule is Fc1c(F)c(F)c(C2=C3C=CC([N-]3)C(c3c(F)c(F)c(F)c(F)c3F)=c3ccc([n-]3)=C(c3c(F)c(F)c(F)c(F)c3F)C3C=CC(=C(c4c(F)c(F)c(F)c(F)c4F)c4ccc2[n-]4)[N-]3)c(F)c1F.[CH+]=O.[Ru+3]. The number of aromatic nitrogens is 2. The number of nitrogens with zero attached hydrogens (tertiary/aromatic N) is 4. The molecule has 5 heterocycles. The van der Waals surface area contributed by atoms with Crippen molar-refractivity contribution in [3.63, 3.8) is 0 Å². The predicted octanol–water partition coefficient (Wildman–Crippen LogP) is 10.4. The second kappa shape index (κ2) is 18.7. The smallest absolute Gasteiger partial charge is 0.674 e. The van der Waals surface area contributed by atoms with Gasteiger partial charge in [-0.3, -0.25) is 0 Å². The Labute approximate surface area is 393 Å². The number of halogens is 20. The molecule has 0 saturated carbocycles. The number of carbonyl (C=O) groups excluding carboxylic acids is 1. The largest absolute Gasteiger partial charge is 3.00 e. The molecule has 71 heavy (non-hydrogen) atoms. The fraction of sp³-hybridized carbons (Fsp3) is 0.0444. The van der Waals surface area contributed by atoms with Crippen LogP contribution in [0, 0.1) is 116 Å². The Morgan fingerprint density at radius 2 is 0.563 bits per heavy atom. The van der Waals surface area contributed by atoms with Crippen molar-refractivity contribution in [3.8, 4) is 0 Å². The summed E-state index contributed by atoms with van der Waals surface area (Å²) in [6.45, 7) is 3.25. The predicted molar refractivity (Wildman–Crippen MR) is 200 cm³/mol. The Hall–Kier alpha value is -7.46. The summed E-state index contributed by atoms with van der Waals surface area (Å²) in [5.41, 5.74) is -16.8. The van der Waals surface area contributed by atoms with Crippen LogP contribution in [0.5, 0.6) is 0 Å². The van der Waals surface area contributed by atoms with Gasteiger partial charge in [0.15, 0.2) is 93.1 Å². The molecule has 6 aromatic rings. The molecule has 3 aliphatic rings. The number of fused-ring (bicyclic) bond motifs is 8.